The quantitative estimate of drug-likeness (QED) is 0.805. The van der Waals surface area contributed by atoms with Gasteiger partial charge in [0, 0.05) is 12.5 Å². The lowest BCUT2D eigenvalue weighted by Crippen LogP contribution is -2.42. The first-order valence-corrected chi connectivity index (χ1v) is 9.37. The average Bonchev–Trinajstić information content (AvgIpc) is 2.82. The molecule has 0 aromatic carbocycles. The Labute approximate surface area is 151 Å². The van der Waals surface area contributed by atoms with Crippen LogP contribution in [0.1, 0.15) is 56.7 Å². The predicted octanol–water partition coefficient (Wildman–Crippen LogP) is 2.57. The van der Waals surface area contributed by atoms with E-state index in [-0.39, 0.29) is 12.1 Å². The second kappa shape index (κ2) is 6.70. The number of nitrogen functional groups attached to an aromatic ring is 1. The Morgan fingerprint density at radius 2 is 2.12 bits per heavy atom. The van der Waals surface area contributed by atoms with Crippen molar-refractivity contribution in [3.8, 4) is 0 Å². The molecule has 2 saturated carbocycles. The maximum Gasteiger partial charge on any atom is 0.238 e. The van der Waals surface area contributed by atoms with Gasteiger partial charge in [-0.05, 0) is 43.9 Å². The number of rotatable bonds is 1. The fraction of sp³-hybridized carbons (Fsp3) is 0.706. The third kappa shape index (κ3) is 3.32. The molecular formula is C17H24ClN5O2. The van der Waals surface area contributed by atoms with Crippen LogP contribution < -0.4 is 5.73 Å². The molecule has 2 aromatic rings. The molecular weight excluding hydrogens is 342 g/mol. The molecule has 136 valence electrons. The van der Waals surface area contributed by atoms with E-state index in [0.29, 0.717) is 23.1 Å². The van der Waals surface area contributed by atoms with Gasteiger partial charge in [0.15, 0.2) is 5.15 Å². The van der Waals surface area contributed by atoms with Crippen molar-refractivity contribution >= 4 is 23.1 Å². The van der Waals surface area contributed by atoms with Crippen LogP contribution in [-0.4, -0.2) is 44.0 Å². The normalized spacial score (nSPS) is 25.1. The molecule has 1 spiro atoms. The lowest BCUT2D eigenvalue weighted by molar-refractivity contribution is -0.00535. The molecule has 0 bridgehead atoms. The SMILES string of the molecule is Nc1ncc2c(Cl)nc(C3CC4(CCC4)C3)n2n1.OC1CCCOC1. The lowest BCUT2D eigenvalue weighted by atomic mass is 9.52. The summed E-state index contributed by atoms with van der Waals surface area (Å²) in [4.78, 5) is 8.41. The van der Waals surface area contributed by atoms with Crippen LogP contribution in [0.15, 0.2) is 6.20 Å². The number of ether oxygens (including phenoxy) is 1. The summed E-state index contributed by atoms with van der Waals surface area (Å²) in [6.07, 6.45) is 9.94. The minimum atomic E-state index is -0.186. The van der Waals surface area contributed by atoms with Gasteiger partial charge >= 0.3 is 0 Å². The molecule has 0 radical (unpaired) electrons. The summed E-state index contributed by atoms with van der Waals surface area (Å²) in [7, 11) is 0. The fourth-order valence-corrected chi connectivity index (χ4v) is 4.34. The highest BCUT2D eigenvalue weighted by atomic mass is 35.5. The van der Waals surface area contributed by atoms with E-state index >= 15 is 0 Å². The van der Waals surface area contributed by atoms with E-state index < -0.39 is 0 Å². The Bertz CT molecular complexity index is 747. The van der Waals surface area contributed by atoms with E-state index in [2.05, 4.69) is 15.1 Å². The number of hydrogen-bond acceptors (Lipinski definition) is 6. The minimum absolute atomic E-state index is 0.186. The zero-order valence-electron chi connectivity index (χ0n) is 14.2. The molecule has 1 saturated heterocycles. The van der Waals surface area contributed by atoms with Gasteiger partial charge in [-0.1, -0.05) is 18.0 Å². The highest BCUT2D eigenvalue weighted by Gasteiger charge is 2.50. The number of hydrogen-bond donors (Lipinski definition) is 2. The van der Waals surface area contributed by atoms with Gasteiger partial charge in [-0.15, -0.1) is 5.10 Å². The Morgan fingerprint density at radius 1 is 1.32 bits per heavy atom. The van der Waals surface area contributed by atoms with Gasteiger partial charge in [0.05, 0.1) is 18.9 Å². The third-order valence-electron chi connectivity index (χ3n) is 5.67. The number of aromatic nitrogens is 4. The minimum Gasteiger partial charge on any atom is -0.391 e. The van der Waals surface area contributed by atoms with Crippen LogP contribution in [0.2, 0.25) is 5.15 Å². The molecule has 7 nitrogen and oxygen atoms in total. The average molecular weight is 366 g/mol. The summed E-state index contributed by atoms with van der Waals surface area (Å²) in [5, 5.41) is 13.5. The topological polar surface area (TPSA) is 98.6 Å². The van der Waals surface area contributed by atoms with Crippen LogP contribution in [-0.2, 0) is 4.74 Å². The molecule has 25 heavy (non-hydrogen) atoms. The molecule has 3 heterocycles. The molecule has 3 fully saturated rings. The maximum absolute atomic E-state index is 8.78. The van der Waals surface area contributed by atoms with E-state index in [1.807, 2.05) is 0 Å². The van der Waals surface area contributed by atoms with Crippen molar-refractivity contribution < 1.29 is 9.84 Å². The maximum atomic E-state index is 8.78. The second-order valence-electron chi connectivity index (χ2n) is 7.50. The van der Waals surface area contributed by atoms with E-state index in [1.165, 1.54) is 32.1 Å². The van der Waals surface area contributed by atoms with Gasteiger partial charge in [-0.25, -0.2) is 14.5 Å². The Kier molecular flexibility index (Phi) is 4.56. The largest absolute Gasteiger partial charge is 0.391 e. The number of aliphatic hydroxyl groups excluding tert-OH is 1. The number of fused-ring (bicyclic) bond motifs is 1. The van der Waals surface area contributed by atoms with Crippen LogP contribution in [0.5, 0.6) is 0 Å². The smallest absolute Gasteiger partial charge is 0.238 e. The first kappa shape index (κ1) is 17.0. The third-order valence-corrected chi connectivity index (χ3v) is 5.94. The van der Waals surface area contributed by atoms with Crippen molar-refractivity contribution in [2.75, 3.05) is 18.9 Å². The van der Waals surface area contributed by atoms with Gasteiger partial charge in [0.25, 0.3) is 0 Å². The van der Waals surface area contributed by atoms with Crippen LogP contribution in [0.25, 0.3) is 5.52 Å². The number of anilines is 1. The summed E-state index contributed by atoms with van der Waals surface area (Å²) in [5.41, 5.74) is 7.00. The Balaban J connectivity index is 0.000000190. The summed E-state index contributed by atoms with van der Waals surface area (Å²) < 4.78 is 6.70. The van der Waals surface area contributed by atoms with Gasteiger partial charge in [-0.3, -0.25) is 0 Å². The number of aliphatic hydroxyl groups is 1. The van der Waals surface area contributed by atoms with E-state index in [1.54, 1.807) is 10.7 Å². The molecule has 3 N–H and O–H groups in total. The first-order chi connectivity index (χ1) is 12.1. The van der Waals surface area contributed by atoms with Crippen molar-refractivity contribution in [3.05, 3.63) is 17.2 Å². The lowest BCUT2D eigenvalue weighted by Gasteiger charge is -2.53. The Morgan fingerprint density at radius 3 is 2.68 bits per heavy atom. The predicted molar refractivity (Wildman–Crippen MR) is 94.5 cm³/mol. The zero-order valence-corrected chi connectivity index (χ0v) is 15.0. The van der Waals surface area contributed by atoms with Gasteiger partial charge < -0.3 is 15.6 Å². The van der Waals surface area contributed by atoms with Gasteiger partial charge in [0.1, 0.15) is 11.3 Å². The molecule has 1 unspecified atom stereocenters. The van der Waals surface area contributed by atoms with E-state index in [9.17, 15) is 0 Å². The molecule has 3 aliphatic rings. The molecule has 2 aromatic heterocycles. The number of nitrogens with zero attached hydrogens (tertiary/aromatic N) is 4. The summed E-state index contributed by atoms with van der Waals surface area (Å²) in [6.45, 7) is 1.37. The number of halogens is 1. The van der Waals surface area contributed by atoms with Crippen LogP contribution in [0.4, 0.5) is 5.95 Å². The standard InChI is InChI=1S/C12H14ClN5.C5H10O2/c13-9-8-6-15-11(14)17-18(8)10(16-9)7-4-12(5-7)2-1-3-12;6-5-2-1-3-7-4-5/h6-7H,1-5H2,(H2,14,17);5-6H,1-4H2. The van der Waals surface area contributed by atoms with E-state index in [4.69, 9.17) is 27.2 Å². The zero-order chi connectivity index (χ0) is 17.4. The van der Waals surface area contributed by atoms with Crippen LogP contribution >= 0.6 is 11.6 Å². The summed E-state index contributed by atoms with van der Waals surface area (Å²) >= 11 is 6.12. The van der Waals surface area contributed by atoms with Crippen molar-refractivity contribution in [1.29, 1.82) is 0 Å². The van der Waals surface area contributed by atoms with Crippen molar-refractivity contribution in [3.63, 3.8) is 0 Å². The molecule has 0 amide bonds. The number of nitrogens with two attached hydrogens (primary N) is 1. The number of imidazole rings is 1. The molecule has 1 atom stereocenters. The van der Waals surface area contributed by atoms with Crippen LogP contribution in [0.3, 0.4) is 0 Å². The molecule has 1 aliphatic heterocycles. The highest BCUT2D eigenvalue weighted by Crippen LogP contribution is 2.61. The highest BCUT2D eigenvalue weighted by molar-refractivity contribution is 6.32. The van der Waals surface area contributed by atoms with Crippen molar-refractivity contribution in [1.82, 2.24) is 19.6 Å². The first-order valence-electron chi connectivity index (χ1n) is 8.99. The Hall–Kier alpha value is -1.44. The summed E-state index contributed by atoms with van der Waals surface area (Å²) in [6, 6.07) is 0. The van der Waals surface area contributed by atoms with E-state index in [0.717, 1.165) is 30.8 Å². The van der Waals surface area contributed by atoms with Crippen LogP contribution in [0, 0.1) is 5.41 Å². The monoisotopic (exact) mass is 365 g/mol. The van der Waals surface area contributed by atoms with Gasteiger partial charge in [-0.2, -0.15) is 0 Å². The van der Waals surface area contributed by atoms with Crippen molar-refractivity contribution in [2.45, 2.75) is 57.0 Å². The molecule has 2 aliphatic carbocycles. The second-order valence-corrected chi connectivity index (χ2v) is 7.86. The fourth-order valence-electron chi connectivity index (χ4n) is 4.13. The summed E-state index contributed by atoms with van der Waals surface area (Å²) in [5.74, 6) is 1.68. The van der Waals surface area contributed by atoms with Crippen molar-refractivity contribution in [2.24, 2.45) is 5.41 Å². The molecule has 8 heteroatoms. The molecule has 5 rings (SSSR count). The van der Waals surface area contributed by atoms with Gasteiger partial charge in [0.2, 0.25) is 5.95 Å².